The lowest BCUT2D eigenvalue weighted by Gasteiger charge is -2.60. The van der Waals surface area contributed by atoms with Gasteiger partial charge in [-0.05, 0) is 68.6 Å². The normalized spacial score (nSPS) is 61.2. The van der Waals surface area contributed by atoms with Crippen LogP contribution in [0.4, 0.5) is 0 Å². The van der Waals surface area contributed by atoms with E-state index in [2.05, 4.69) is 13.0 Å². The quantitative estimate of drug-likeness (QED) is 0.541. The van der Waals surface area contributed by atoms with Crippen molar-refractivity contribution in [2.45, 2.75) is 82.7 Å². The Hall–Kier alpha value is -0.870. The number of carbonyl (C=O) groups excluding carboxylic acids is 1. The zero-order chi connectivity index (χ0) is 17.2. The Kier molecular flexibility index (Phi) is 2.54. The molecule has 1 spiro atoms. The lowest BCUT2D eigenvalue weighted by Crippen LogP contribution is -2.64. The highest BCUT2D eigenvalue weighted by atomic mass is 16.8. The number of hydrogen-bond acceptors (Lipinski definition) is 4. The minimum atomic E-state index is -0.683. The van der Waals surface area contributed by atoms with Gasteiger partial charge in [0.05, 0.1) is 11.7 Å². The van der Waals surface area contributed by atoms with Crippen molar-refractivity contribution in [2.24, 2.45) is 28.6 Å². The number of carbonyl (C=O) groups is 1. The molecule has 4 bridgehead atoms. The molecule has 0 amide bonds. The zero-order valence-corrected chi connectivity index (χ0v) is 15.2. The lowest BCUT2D eigenvalue weighted by molar-refractivity contribution is -0.306. The van der Waals surface area contributed by atoms with Crippen LogP contribution < -0.4 is 0 Å². The number of hydrogen-bond donors (Lipinski definition) is 1. The van der Waals surface area contributed by atoms with Gasteiger partial charge in [0.15, 0.2) is 0 Å². The summed E-state index contributed by atoms with van der Waals surface area (Å²) in [6.07, 6.45) is 10.1. The van der Waals surface area contributed by atoms with Crippen LogP contribution in [0.1, 0.15) is 65.2 Å². The summed E-state index contributed by atoms with van der Waals surface area (Å²) >= 11 is 0. The molecular weight excluding hydrogens is 316 g/mol. The van der Waals surface area contributed by atoms with Crippen molar-refractivity contribution >= 4 is 5.97 Å². The summed E-state index contributed by atoms with van der Waals surface area (Å²) in [6.45, 7) is 4.41. The molecule has 1 N–H and O–H groups in total. The van der Waals surface area contributed by atoms with Crippen LogP contribution >= 0.6 is 0 Å². The molecular formula is C21H28O4. The van der Waals surface area contributed by atoms with Crippen LogP contribution in [0, 0.1) is 28.6 Å². The van der Waals surface area contributed by atoms with E-state index < -0.39 is 5.79 Å². The molecule has 0 aromatic rings. The smallest absolute Gasteiger partial charge is 0.318 e. The Morgan fingerprint density at radius 3 is 2.80 bits per heavy atom. The van der Waals surface area contributed by atoms with Crippen LogP contribution in [0.3, 0.4) is 0 Å². The topological polar surface area (TPSA) is 55.8 Å². The van der Waals surface area contributed by atoms with Crippen LogP contribution in [0.15, 0.2) is 11.6 Å². The van der Waals surface area contributed by atoms with E-state index in [-0.39, 0.29) is 34.4 Å². The van der Waals surface area contributed by atoms with E-state index in [9.17, 15) is 9.90 Å². The number of rotatable bonds is 0. The van der Waals surface area contributed by atoms with Gasteiger partial charge in [-0.3, -0.25) is 4.79 Å². The summed E-state index contributed by atoms with van der Waals surface area (Å²) in [7, 11) is 0. The fourth-order valence-electron chi connectivity index (χ4n) is 8.42. The van der Waals surface area contributed by atoms with E-state index in [1.54, 1.807) is 0 Å². The number of fused-ring (bicyclic) bond motifs is 3. The summed E-state index contributed by atoms with van der Waals surface area (Å²) in [6, 6.07) is 0. The van der Waals surface area contributed by atoms with Crippen molar-refractivity contribution in [1.82, 2.24) is 0 Å². The fourth-order valence-corrected chi connectivity index (χ4v) is 8.42. The van der Waals surface area contributed by atoms with E-state index in [4.69, 9.17) is 9.47 Å². The molecule has 0 radical (unpaired) electrons. The van der Waals surface area contributed by atoms with Gasteiger partial charge in [0.2, 0.25) is 5.79 Å². The standard InChI is InChI=1S/C21H28O4/c1-18-8-5-13(22)11-12(18)3-4-15-14(18)6-9-20-16-7-10-21(15,20)25-19(16,2)24-17(20)23/h3,13-16,22H,4-11H2,1-2H3/t13-,14+,15+,16+,18-,19-,20+,21-/m0/s1. The van der Waals surface area contributed by atoms with Crippen molar-refractivity contribution in [2.75, 3.05) is 0 Å². The molecule has 0 aromatic heterocycles. The molecule has 0 unspecified atom stereocenters. The summed E-state index contributed by atoms with van der Waals surface area (Å²) in [5.74, 6) is 0.587. The van der Waals surface area contributed by atoms with E-state index in [0.29, 0.717) is 11.8 Å². The Morgan fingerprint density at radius 1 is 1.12 bits per heavy atom. The molecule has 8 atom stereocenters. The predicted octanol–water partition coefficient (Wildman–Crippen LogP) is 3.33. The fraction of sp³-hybridized carbons (Fsp3) is 0.857. The molecule has 2 aliphatic heterocycles. The number of esters is 1. The second-order valence-corrected chi connectivity index (χ2v) is 9.99. The second kappa shape index (κ2) is 4.17. The van der Waals surface area contributed by atoms with Gasteiger partial charge in [0.25, 0.3) is 0 Å². The first-order valence-corrected chi connectivity index (χ1v) is 10.2. The van der Waals surface area contributed by atoms with Gasteiger partial charge in [-0.2, -0.15) is 0 Å². The highest BCUT2D eigenvalue weighted by Crippen LogP contribution is 2.78. The number of ether oxygens (including phenoxy) is 2. The van der Waals surface area contributed by atoms with Gasteiger partial charge in [-0.15, -0.1) is 0 Å². The van der Waals surface area contributed by atoms with E-state index in [1.165, 1.54) is 5.57 Å². The lowest BCUT2D eigenvalue weighted by atomic mass is 9.46. The second-order valence-electron chi connectivity index (χ2n) is 9.99. The zero-order valence-electron chi connectivity index (χ0n) is 15.2. The molecule has 5 fully saturated rings. The van der Waals surface area contributed by atoms with Gasteiger partial charge in [0, 0.05) is 12.8 Å². The maximum atomic E-state index is 13.0. The van der Waals surface area contributed by atoms with Crippen molar-refractivity contribution in [3.8, 4) is 0 Å². The third-order valence-corrected chi connectivity index (χ3v) is 9.39. The minimum Gasteiger partial charge on any atom is -0.432 e. The molecule has 2 heterocycles. The largest absolute Gasteiger partial charge is 0.432 e. The summed E-state index contributed by atoms with van der Waals surface area (Å²) in [5, 5.41) is 10.1. The number of allylic oxidation sites excluding steroid dienone is 1. The molecule has 4 aliphatic carbocycles. The third-order valence-electron chi connectivity index (χ3n) is 9.39. The first-order valence-electron chi connectivity index (χ1n) is 10.2. The molecule has 25 heavy (non-hydrogen) atoms. The summed E-state index contributed by atoms with van der Waals surface area (Å²) in [5.41, 5.74) is 0.961. The Morgan fingerprint density at radius 2 is 1.96 bits per heavy atom. The number of aliphatic hydroxyl groups excluding tert-OH is 1. The average molecular weight is 344 g/mol. The van der Waals surface area contributed by atoms with Crippen LogP contribution in [0.5, 0.6) is 0 Å². The van der Waals surface area contributed by atoms with Crippen molar-refractivity contribution in [3.63, 3.8) is 0 Å². The van der Waals surface area contributed by atoms with Gasteiger partial charge in [0.1, 0.15) is 5.41 Å². The number of aliphatic hydroxyl groups is 1. The van der Waals surface area contributed by atoms with E-state index in [1.807, 2.05) is 6.92 Å². The molecule has 136 valence electrons. The first-order chi connectivity index (χ1) is 11.9. The predicted molar refractivity (Wildman–Crippen MR) is 90.3 cm³/mol. The SMILES string of the molecule is C[C@@]12OC(=O)[C@]34CC[C@@H]5[C@@H](CC=C6C[C@@H](O)CC[C@@]65C)[C@]3(CC[C@H]14)O2. The maximum absolute atomic E-state index is 13.0. The minimum absolute atomic E-state index is 0.0289. The van der Waals surface area contributed by atoms with Crippen molar-refractivity contribution < 1.29 is 19.4 Å². The molecule has 0 aromatic carbocycles. The van der Waals surface area contributed by atoms with E-state index in [0.717, 1.165) is 51.4 Å². The van der Waals surface area contributed by atoms with E-state index >= 15 is 0 Å². The third kappa shape index (κ3) is 1.39. The molecule has 3 saturated carbocycles. The molecule has 4 heteroatoms. The monoisotopic (exact) mass is 344 g/mol. The molecule has 6 aliphatic rings. The average Bonchev–Trinajstić information content (AvgIpc) is 3.09. The highest BCUT2D eigenvalue weighted by Gasteiger charge is 2.86. The highest BCUT2D eigenvalue weighted by molar-refractivity contribution is 5.84. The Balaban J connectivity index is 1.48. The van der Waals surface area contributed by atoms with Gasteiger partial charge in [-0.25, -0.2) is 0 Å². The molecule has 6 rings (SSSR count). The van der Waals surface area contributed by atoms with Crippen molar-refractivity contribution in [3.05, 3.63) is 11.6 Å². The first kappa shape index (κ1) is 15.2. The van der Waals surface area contributed by atoms with Crippen LogP contribution in [0.25, 0.3) is 0 Å². The maximum Gasteiger partial charge on any atom is 0.318 e. The summed E-state index contributed by atoms with van der Waals surface area (Å²) in [4.78, 5) is 13.0. The van der Waals surface area contributed by atoms with Crippen LogP contribution in [0.2, 0.25) is 0 Å². The van der Waals surface area contributed by atoms with Crippen molar-refractivity contribution in [1.29, 1.82) is 0 Å². The van der Waals surface area contributed by atoms with Crippen LogP contribution in [-0.2, 0) is 14.3 Å². The molecule has 2 saturated heterocycles. The summed E-state index contributed by atoms with van der Waals surface area (Å²) < 4.78 is 12.4. The van der Waals surface area contributed by atoms with Gasteiger partial charge < -0.3 is 14.6 Å². The van der Waals surface area contributed by atoms with Gasteiger partial charge in [-0.1, -0.05) is 18.6 Å². The van der Waals surface area contributed by atoms with Crippen LogP contribution in [-0.4, -0.2) is 28.6 Å². The van der Waals surface area contributed by atoms with Gasteiger partial charge >= 0.3 is 5.97 Å². The molecule has 4 nitrogen and oxygen atoms in total. The Labute approximate surface area is 148 Å². The Bertz CT molecular complexity index is 715.